The molecule has 2 heterocycles. The van der Waals surface area contributed by atoms with E-state index >= 15 is 0 Å². The molecule has 18 heavy (non-hydrogen) atoms. The van der Waals surface area contributed by atoms with Crippen molar-refractivity contribution in [2.45, 2.75) is 32.9 Å². The molecule has 0 amide bonds. The van der Waals surface area contributed by atoms with Gasteiger partial charge in [-0.1, -0.05) is 13.0 Å². The Morgan fingerprint density at radius 3 is 2.89 bits per heavy atom. The van der Waals surface area contributed by atoms with Crippen molar-refractivity contribution in [2.24, 2.45) is 7.05 Å². The SMILES string of the molecule is CCc1nn(C)c(CN[C@H](C)c2cccs2)c1Br. The van der Waals surface area contributed by atoms with E-state index in [4.69, 9.17) is 0 Å². The van der Waals surface area contributed by atoms with Crippen LogP contribution < -0.4 is 5.32 Å². The van der Waals surface area contributed by atoms with Gasteiger partial charge < -0.3 is 5.32 Å². The van der Waals surface area contributed by atoms with E-state index in [9.17, 15) is 0 Å². The zero-order valence-corrected chi connectivity index (χ0v) is 13.3. The fourth-order valence-electron chi connectivity index (χ4n) is 1.90. The topological polar surface area (TPSA) is 29.9 Å². The van der Waals surface area contributed by atoms with Gasteiger partial charge in [-0.2, -0.15) is 5.10 Å². The average molecular weight is 328 g/mol. The number of aromatic nitrogens is 2. The second kappa shape index (κ2) is 5.99. The minimum absolute atomic E-state index is 0.372. The molecule has 98 valence electrons. The largest absolute Gasteiger partial charge is 0.304 e. The number of nitrogens with zero attached hydrogens (tertiary/aromatic N) is 2. The summed E-state index contributed by atoms with van der Waals surface area (Å²) in [5, 5.41) is 10.2. The summed E-state index contributed by atoms with van der Waals surface area (Å²) in [6.07, 6.45) is 0.953. The highest BCUT2D eigenvalue weighted by Gasteiger charge is 2.13. The van der Waals surface area contributed by atoms with E-state index in [0.717, 1.165) is 23.1 Å². The molecule has 5 heteroatoms. The van der Waals surface area contributed by atoms with Crippen molar-refractivity contribution in [3.05, 3.63) is 38.3 Å². The van der Waals surface area contributed by atoms with Crippen LogP contribution in [0.5, 0.6) is 0 Å². The molecule has 0 aliphatic carbocycles. The third kappa shape index (κ3) is 2.84. The van der Waals surface area contributed by atoms with Crippen LogP contribution in [0.2, 0.25) is 0 Å². The Labute approximate surface area is 120 Å². The fourth-order valence-corrected chi connectivity index (χ4v) is 3.42. The highest BCUT2D eigenvalue weighted by atomic mass is 79.9. The van der Waals surface area contributed by atoms with E-state index in [1.165, 1.54) is 10.6 Å². The number of hydrogen-bond acceptors (Lipinski definition) is 3. The van der Waals surface area contributed by atoms with Gasteiger partial charge in [0, 0.05) is 24.5 Å². The lowest BCUT2D eigenvalue weighted by molar-refractivity contribution is 0.553. The summed E-state index contributed by atoms with van der Waals surface area (Å²) in [5.41, 5.74) is 2.33. The quantitative estimate of drug-likeness (QED) is 0.908. The van der Waals surface area contributed by atoms with E-state index in [2.05, 4.69) is 57.7 Å². The zero-order valence-electron chi connectivity index (χ0n) is 10.9. The molecule has 0 fully saturated rings. The van der Waals surface area contributed by atoms with Gasteiger partial charge in [-0.05, 0) is 40.7 Å². The van der Waals surface area contributed by atoms with Gasteiger partial charge in [0.15, 0.2) is 0 Å². The zero-order chi connectivity index (χ0) is 13.1. The summed E-state index contributed by atoms with van der Waals surface area (Å²) in [5.74, 6) is 0. The van der Waals surface area contributed by atoms with Crippen molar-refractivity contribution in [2.75, 3.05) is 0 Å². The molecule has 0 aromatic carbocycles. The molecule has 0 saturated heterocycles. The van der Waals surface area contributed by atoms with Crippen molar-refractivity contribution in [3.8, 4) is 0 Å². The molecule has 1 N–H and O–H groups in total. The normalized spacial score (nSPS) is 12.9. The van der Waals surface area contributed by atoms with Crippen molar-refractivity contribution in [1.82, 2.24) is 15.1 Å². The third-order valence-corrected chi connectivity index (χ3v) is 5.02. The predicted molar refractivity (Wildman–Crippen MR) is 79.9 cm³/mol. The van der Waals surface area contributed by atoms with E-state index in [-0.39, 0.29) is 0 Å². The Balaban J connectivity index is 2.04. The van der Waals surface area contributed by atoms with E-state index in [1.54, 1.807) is 11.3 Å². The van der Waals surface area contributed by atoms with Crippen molar-refractivity contribution >= 4 is 27.3 Å². The van der Waals surface area contributed by atoms with Crippen molar-refractivity contribution in [1.29, 1.82) is 0 Å². The van der Waals surface area contributed by atoms with Gasteiger partial charge in [0.05, 0.1) is 15.9 Å². The van der Waals surface area contributed by atoms with Gasteiger partial charge >= 0.3 is 0 Å². The molecule has 2 aromatic heterocycles. The summed E-state index contributed by atoms with van der Waals surface area (Å²) < 4.78 is 3.09. The summed E-state index contributed by atoms with van der Waals surface area (Å²) in [6, 6.07) is 4.63. The third-order valence-electron chi connectivity index (χ3n) is 3.05. The predicted octanol–water partition coefficient (Wildman–Crippen LogP) is 3.66. The molecule has 3 nitrogen and oxygen atoms in total. The summed E-state index contributed by atoms with van der Waals surface area (Å²) in [4.78, 5) is 1.36. The van der Waals surface area contributed by atoms with Gasteiger partial charge in [0.25, 0.3) is 0 Å². The number of rotatable bonds is 5. The Morgan fingerprint density at radius 1 is 1.56 bits per heavy atom. The second-order valence-corrected chi connectivity index (χ2v) is 6.07. The van der Waals surface area contributed by atoms with Crippen molar-refractivity contribution in [3.63, 3.8) is 0 Å². The lowest BCUT2D eigenvalue weighted by atomic mass is 10.2. The first-order valence-corrected chi connectivity index (χ1v) is 7.77. The molecular formula is C13H18BrN3S. The van der Waals surface area contributed by atoms with Crippen LogP contribution in [0.1, 0.15) is 36.2 Å². The van der Waals surface area contributed by atoms with E-state index in [1.807, 2.05) is 11.7 Å². The van der Waals surface area contributed by atoms with Crippen molar-refractivity contribution < 1.29 is 0 Å². The van der Waals surface area contributed by atoms with E-state index in [0.29, 0.717) is 6.04 Å². The van der Waals surface area contributed by atoms with Gasteiger partial charge in [0.1, 0.15) is 0 Å². The first-order valence-electron chi connectivity index (χ1n) is 6.10. The summed E-state index contributed by atoms with van der Waals surface area (Å²) in [6.45, 7) is 5.14. The Kier molecular flexibility index (Phi) is 4.59. The number of nitrogens with one attached hydrogen (secondary N) is 1. The van der Waals surface area contributed by atoms with Crippen LogP contribution in [-0.2, 0) is 20.0 Å². The van der Waals surface area contributed by atoms with Gasteiger partial charge in [0.2, 0.25) is 0 Å². The lowest BCUT2D eigenvalue weighted by Crippen LogP contribution is -2.19. The van der Waals surface area contributed by atoms with Gasteiger partial charge in [-0.3, -0.25) is 4.68 Å². The maximum Gasteiger partial charge on any atom is 0.0767 e. The van der Waals surface area contributed by atoms with Crippen LogP contribution in [0, 0.1) is 0 Å². The minimum atomic E-state index is 0.372. The standard InChI is InChI=1S/C13H18BrN3S/c1-4-10-13(14)11(17(3)16-10)8-15-9(2)12-6-5-7-18-12/h5-7,9,15H,4,8H2,1-3H3/t9-/m1/s1. The maximum atomic E-state index is 4.50. The fraction of sp³-hybridized carbons (Fsp3) is 0.462. The van der Waals surface area contributed by atoms with Crippen LogP contribution in [-0.4, -0.2) is 9.78 Å². The molecule has 1 atom stereocenters. The highest BCUT2D eigenvalue weighted by molar-refractivity contribution is 9.10. The smallest absolute Gasteiger partial charge is 0.0767 e. The highest BCUT2D eigenvalue weighted by Crippen LogP contribution is 2.23. The van der Waals surface area contributed by atoms with E-state index < -0.39 is 0 Å². The van der Waals surface area contributed by atoms with Crippen LogP contribution in [0.25, 0.3) is 0 Å². The molecule has 0 aliphatic heterocycles. The number of aryl methyl sites for hydroxylation is 2. The van der Waals surface area contributed by atoms with Crippen LogP contribution >= 0.6 is 27.3 Å². The van der Waals surface area contributed by atoms with Crippen LogP contribution in [0.3, 0.4) is 0 Å². The molecule has 2 rings (SSSR count). The summed E-state index contributed by atoms with van der Waals surface area (Å²) in [7, 11) is 2.00. The average Bonchev–Trinajstić information content (AvgIpc) is 2.96. The number of thiophene rings is 1. The molecule has 0 saturated carbocycles. The molecular weight excluding hydrogens is 310 g/mol. The molecule has 0 bridgehead atoms. The molecule has 0 unspecified atom stereocenters. The second-order valence-electron chi connectivity index (χ2n) is 4.30. The Morgan fingerprint density at radius 2 is 2.33 bits per heavy atom. The number of halogens is 1. The first kappa shape index (κ1) is 13.8. The Bertz CT molecular complexity index is 505. The first-order chi connectivity index (χ1) is 8.63. The Hall–Kier alpha value is -0.650. The molecule has 0 aliphatic rings. The molecule has 0 radical (unpaired) electrons. The summed E-state index contributed by atoms with van der Waals surface area (Å²) >= 11 is 5.43. The maximum absolute atomic E-state index is 4.50. The minimum Gasteiger partial charge on any atom is -0.304 e. The van der Waals surface area contributed by atoms with Gasteiger partial charge in [-0.25, -0.2) is 0 Å². The monoisotopic (exact) mass is 327 g/mol. The van der Waals surface area contributed by atoms with Gasteiger partial charge in [-0.15, -0.1) is 11.3 Å². The molecule has 2 aromatic rings. The van der Waals surface area contributed by atoms with Crippen LogP contribution in [0.15, 0.2) is 22.0 Å². The number of hydrogen-bond donors (Lipinski definition) is 1. The molecule has 0 spiro atoms. The van der Waals surface area contributed by atoms with Crippen LogP contribution in [0.4, 0.5) is 0 Å². The lowest BCUT2D eigenvalue weighted by Gasteiger charge is -2.12.